The maximum Gasteiger partial charge on any atom is 0.0738 e. The van der Waals surface area contributed by atoms with Crippen molar-refractivity contribution in [3.8, 4) is 0 Å². The minimum atomic E-state index is 1.13. The molecule has 5 rings (SSSR count). The summed E-state index contributed by atoms with van der Waals surface area (Å²) in [6.07, 6.45) is 4.76. The lowest BCUT2D eigenvalue weighted by atomic mass is 10.1. The summed E-state index contributed by atoms with van der Waals surface area (Å²) < 4.78 is 4.97. The molecule has 1 aliphatic heterocycles. The zero-order valence-corrected chi connectivity index (χ0v) is 11.3. The minimum absolute atomic E-state index is 1.13. The van der Waals surface area contributed by atoms with Crippen molar-refractivity contribution in [2.75, 3.05) is 0 Å². The van der Waals surface area contributed by atoms with Crippen molar-refractivity contribution in [3.63, 3.8) is 0 Å². The van der Waals surface area contributed by atoms with Gasteiger partial charge in [0, 0.05) is 41.0 Å². The van der Waals surface area contributed by atoms with Gasteiger partial charge in [0.25, 0.3) is 0 Å². The molecule has 0 amide bonds. The van der Waals surface area contributed by atoms with Crippen LogP contribution in [0.2, 0.25) is 0 Å². The fourth-order valence-corrected chi connectivity index (χ4v) is 3.79. The third-order valence-electron chi connectivity index (χ3n) is 4.69. The molecule has 0 atom stereocenters. The monoisotopic (exact) mass is 260 g/mol. The van der Waals surface area contributed by atoms with Crippen molar-refractivity contribution in [1.29, 1.82) is 0 Å². The quantitative estimate of drug-likeness (QED) is 0.439. The van der Waals surface area contributed by atoms with E-state index < -0.39 is 0 Å². The summed E-state index contributed by atoms with van der Waals surface area (Å²) in [6.45, 7) is 2.28. The Morgan fingerprint density at radius 2 is 1.65 bits per heavy atom. The van der Waals surface area contributed by atoms with E-state index in [0.29, 0.717) is 0 Å². The summed E-state index contributed by atoms with van der Waals surface area (Å²) in [5.41, 5.74) is 4.22. The Bertz CT molecular complexity index is 956. The van der Waals surface area contributed by atoms with Crippen LogP contribution < -0.4 is 0 Å². The van der Waals surface area contributed by atoms with Gasteiger partial charge >= 0.3 is 0 Å². The van der Waals surface area contributed by atoms with E-state index >= 15 is 0 Å². The van der Waals surface area contributed by atoms with Crippen molar-refractivity contribution in [1.82, 2.24) is 9.13 Å². The van der Waals surface area contributed by atoms with Gasteiger partial charge in [-0.1, -0.05) is 30.3 Å². The first-order chi connectivity index (χ1) is 9.93. The average Bonchev–Trinajstić information content (AvgIpc) is 3.00. The molecule has 0 fully saturated rings. The molecule has 2 heteroatoms. The number of nitrogens with zero attached hydrogens (tertiary/aromatic N) is 2. The molecule has 98 valence electrons. The van der Waals surface area contributed by atoms with Crippen LogP contribution in [-0.4, -0.2) is 9.13 Å². The number of rotatable bonds is 0. The number of benzene rings is 2. The number of fused-ring (bicyclic) bond motifs is 3. The van der Waals surface area contributed by atoms with E-state index in [1.807, 2.05) is 0 Å². The van der Waals surface area contributed by atoms with E-state index in [1.165, 1.54) is 45.6 Å². The first-order valence-electron chi connectivity index (χ1n) is 7.42. The molecule has 2 aromatic heterocycles. The Morgan fingerprint density at radius 3 is 2.65 bits per heavy atom. The van der Waals surface area contributed by atoms with Gasteiger partial charge in [-0.25, -0.2) is 0 Å². The molecular weight excluding hydrogens is 244 g/mol. The molecular formula is C18H16N2. The molecule has 0 saturated carbocycles. The van der Waals surface area contributed by atoms with Gasteiger partial charge in [0.05, 0.1) is 11.0 Å². The van der Waals surface area contributed by atoms with Crippen LogP contribution in [0.1, 0.15) is 12.8 Å². The van der Waals surface area contributed by atoms with Crippen LogP contribution in [-0.2, 0) is 13.1 Å². The number of aromatic nitrogens is 2. The highest BCUT2D eigenvalue weighted by atomic mass is 15.0. The minimum Gasteiger partial charge on any atom is -0.346 e. The van der Waals surface area contributed by atoms with Gasteiger partial charge in [0.2, 0.25) is 0 Å². The number of hydrogen-bond donors (Lipinski definition) is 0. The third kappa shape index (κ3) is 1.19. The van der Waals surface area contributed by atoms with Crippen LogP contribution >= 0.6 is 0 Å². The molecule has 0 unspecified atom stereocenters. The molecule has 0 aliphatic carbocycles. The molecule has 2 aromatic carbocycles. The highest BCUT2D eigenvalue weighted by Crippen LogP contribution is 2.35. The molecule has 0 N–H and O–H groups in total. The fourth-order valence-electron chi connectivity index (χ4n) is 3.79. The Hall–Kier alpha value is -2.22. The van der Waals surface area contributed by atoms with E-state index in [4.69, 9.17) is 0 Å². The maximum absolute atomic E-state index is 2.53. The molecule has 0 spiro atoms. The van der Waals surface area contributed by atoms with Gasteiger partial charge in [-0.15, -0.1) is 0 Å². The van der Waals surface area contributed by atoms with Crippen molar-refractivity contribution in [2.24, 2.45) is 0 Å². The topological polar surface area (TPSA) is 9.86 Å². The summed E-state index contributed by atoms with van der Waals surface area (Å²) in [4.78, 5) is 0. The lowest BCUT2D eigenvalue weighted by Gasteiger charge is -2.14. The van der Waals surface area contributed by atoms with E-state index in [9.17, 15) is 0 Å². The van der Waals surface area contributed by atoms with Crippen molar-refractivity contribution < 1.29 is 0 Å². The normalized spacial score (nSPS) is 15.2. The van der Waals surface area contributed by atoms with E-state index in [0.717, 1.165) is 13.1 Å². The number of aryl methyl sites for hydroxylation is 2. The van der Waals surface area contributed by atoms with Crippen LogP contribution in [0.4, 0.5) is 0 Å². The second kappa shape index (κ2) is 3.66. The number of hydrogen-bond acceptors (Lipinski definition) is 0. The van der Waals surface area contributed by atoms with Crippen molar-refractivity contribution >= 4 is 32.7 Å². The molecule has 2 nitrogen and oxygen atoms in total. The molecule has 0 radical (unpaired) electrons. The SMILES string of the molecule is c1ccc2c(c1)c1ccc3ccn4c3c1n2CCCC4. The molecule has 20 heavy (non-hydrogen) atoms. The summed E-state index contributed by atoms with van der Waals surface area (Å²) in [6, 6.07) is 15.6. The molecule has 1 aliphatic rings. The van der Waals surface area contributed by atoms with Crippen molar-refractivity contribution in [2.45, 2.75) is 25.9 Å². The van der Waals surface area contributed by atoms with Crippen LogP contribution in [0.3, 0.4) is 0 Å². The van der Waals surface area contributed by atoms with Gasteiger partial charge in [-0.3, -0.25) is 0 Å². The van der Waals surface area contributed by atoms with Gasteiger partial charge in [-0.2, -0.15) is 0 Å². The van der Waals surface area contributed by atoms with Gasteiger partial charge in [-0.05, 0) is 25.0 Å². The highest BCUT2D eigenvalue weighted by Gasteiger charge is 2.16. The van der Waals surface area contributed by atoms with Crippen LogP contribution in [0.15, 0.2) is 48.7 Å². The maximum atomic E-state index is 2.53. The summed E-state index contributed by atoms with van der Waals surface area (Å²) in [5.74, 6) is 0. The van der Waals surface area contributed by atoms with Crippen LogP contribution in [0, 0.1) is 0 Å². The van der Waals surface area contributed by atoms with Crippen LogP contribution in [0.25, 0.3) is 32.7 Å². The molecule has 0 bridgehead atoms. The zero-order chi connectivity index (χ0) is 13.1. The second-order valence-corrected chi connectivity index (χ2v) is 5.78. The summed E-state index contributed by atoms with van der Waals surface area (Å²) in [7, 11) is 0. The Kier molecular flexibility index (Phi) is 1.93. The standard InChI is InChI=1S/C18H16N2/c1-2-6-16-14(5-1)15-8-7-13-9-12-19-10-3-4-11-20(16)18(15)17(13)19/h1-2,5-9,12H,3-4,10-11H2. The first kappa shape index (κ1) is 10.6. The Balaban J connectivity index is 2.14. The fraction of sp³-hybridized carbons (Fsp3) is 0.222. The second-order valence-electron chi connectivity index (χ2n) is 5.78. The van der Waals surface area contributed by atoms with E-state index in [1.54, 1.807) is 0 Å². The van der Waals surface area contributed by atoms with E-state index in [-0.39, 0.29) is 0 Å². The predicted octanol–water partition coefficient (Wildman–Crippen LogP) is 4.54. The molecule has 3 heterocycles. The first-order valence-corrected chi connectivity index (χ1v) is 7.42. The Morgan fingerprint density at radius 1 is 0.750 bits per heavy atom. The number of para-hydroxylation sites is 1. The largest absolute Gasteiger partial charge is 0.346 e. The predicted molar refractivity (Wildman–Crippen MR) is 84.2 cm³/mol. The summed E-state index contributed by atoms with van der Waals surface area (Å²) >= 11 is 0. The summed E-state index contributed by atoms with van der Waals surface area (Å²) in [5, 5.41) is 4.15. The van der Waals surface area contributed by atoms with Gasteiger partial charge < -0.3 is 9.13 Å². The highest BCUT2D eigenvalue weighted by molar-refractivity contribution is 6.16. The molecule has 0 saturated heterocycles. The van der Waals surface area contributed by atoms with Crippen molar-refractivity contribution in [3.05, 3.63) is 48.7 Å². The molecule has 4 aromatic rings. The van der Waals surface area contributed by atoms with Crippen LogP contribution in [0.5, 0.6) is 0 Å². The smallest absolute Gasteiger partial charge is 0.0738 e. The van der Waals surface area contributed by atoms with Gasteiger partial charge in [0.15, 0.2) is 0 Å². The lowest BCUT2D eigenvalue weighted by molar-refractivity contribution is 0.567. The zero-order valence-electron chi connectivity index (χ0n) is 11.3. The third-order valence-corrected chi connectivity index (χ3v) is 4.69. The van der Waals surface area contributed by atoms with Gasteiger partial charge in [0.1, 0.15) is 0 Å². The van der Waals surface area contributed by atoms with E-state index in [2.05, 4.69) is 57.8 Å². The Labute approximate surface area is 117 Å². The lowest BCUT2D eigenvalue weighted by Crippen LogP contribution is -2.06. The average molecular weight is 260 g/mol.